The molecule has 8 heteroatoms. The maximum Gasteiger partial charge on any atom is 0.418 e. The van der Waals surface area contributed by atoms with Crippen molar-refractivity contribution in [2.75, 3.05) is 26.1 Å². The molecule has 3 aromatic rings. The Bertz CT molecular complexity index is 1030. The summed E-state index contributed by atoms with van der Waals surface area (Å²) in [7, 11) is 3.08. The van der Waals surface area contributed by atoms with Crippen LogP contribution in [0.1, 0.15) is 11.1 Å². The van der Waals surface area contributed by atoms with Gasteiger partial charge in [-0.1, -0.05) is 12.1 Å². The highest BCUT2D eigenvalue weighted by molar-refractivity contribution is 5.74. The minimum absolute atomic E-state index is 0.00706. The summed E-state index contributed by atoms with van der Waals surface area (Å²) in [5.41, 5.74) is 1.52. The van der Waals surface area contributed by atoms with Crippen LogP contribution in [0.5, 0.6) is 11.5 Å². The quantitative estimate of drug-likeness (QED) is 0.712. The standard InChI is InChI=1S/C20H18F3N3O2/c1-27-16-8-7-12(11-17(16)28-2)18-13-9-10-24-19(13)26(25-18)15-6-4-3-5-14(15)20(21,22)23/h3-8,11,24H,9-10H2,1-2H3. The lowest BCUT2D eigenvalue weighted by molar-refractivity contribution is -0.137. The second-order valence-corrected chi connectivity index (χ2v) is 6.35. The van der Waals surface area contributed by atoms with Gasteiger partial charge >= 0.3 is 6.18 Å². The van der Waals surface area contributed by atoms with Crippen molar-refractivity contribution < 1.29 is 22.6 Å². The largest absolute Gasteiger partial charge is 0.493 e. The average Bonchev–Trinajstić information content (AvgIpc) is 3.29. The third-order valence-electron chi connectivity index (χ3n) is 4.75. The number of hydrogen-bond acceptors (Lipinski definition) is 4. The van der Waals surface area contributed by atoms with Crippen LogP contribution in [0.3, 0.4) is 0 Å². The fraction of sp³-hybridized carbons (Fsp3) is 0.250. The molecule has 0 saturated carbocycles. The van der Waals surface area contributed by atoms with Crippen molar-refractivity contribution in [2.45, 2.75) is 12.6 Å². The van der Waals surface area contributed by atoms with E-state index in [1.807, 2.05) is 6.07 Å². The second-order valence-electron chi connectivity index (χ2n) is 6.35. The lowest BCUT2D eigenvalue weighted by Gasteiger charge is -2.14. The number of aromatic nitrogens is 2. The lowest BCUT2D eigenvalue weighted by Crippen LogP contribution is -2.13. The predicted molar refractivity (Wildman–Crippen MR) is 99.3 cm³/mol. The molecule has 0 atom stereocenters. The molecule has 0 bridgehead atoms. The van der Waals surface area contributed by atoms with Gasteiger partial charge in [-0.2, -0.15) is 18.3 Å². The Kier molecular flexibility index (Phi) is 4.41. The van der Waals surface area contributed by atoms with E-state index < -0.39 is 11.7 Å². The molecule has 1 aromatic heterocycles. The number of para-hydroxylation sites is 1. The smallest absolute Gasteiger partial charge is 0.418 e. The Morgan fingerprint density at radius 2 is 1.79 bits per heavy atom. The minimum Gasteiger partial charge on any atom is -0.493 e. The average molecular weight is 389 g/mol. The normalized spacial score (nSPS) is 13.2. The SMILES string of the molecule is COc1ccc(-c2nn(-c3ccccc3C(F)(F)F)c3c2CCN3)cc1OC. The van der Waals surface area contributed by atoms with Gasteiger partial charge in [0.2, 0.25) is 0 Å². The molecular formula is C20H18F3N3O2. The molecule has 1 aliphatic heterocycles. The Labute approximate surface area is 159 Å². The summed E-state index contributed by atoms with van der Waals surface area (Å²) in [6, 6.07) is 10.8. The molecule has 0 spiro atoms. The van der Waals surface area contributed by atoms with E-state index in [2.05, 4.69) is 10.4 Å². The van der Waals surface area contributed by atoms with Crippen molar-refractivity contribution in [3.63, 3.8) is 0 Å². The topological polar surface area (TPSA) is 48.3 Å². The molecule has 28 heavy (non-hydrogen) atoms. The first-order valence-electron chi connectivity index (χ1n) is 8.69. The van der Waals surface area contributed by atoms with Gasteiger partial charge in [-0.3, -0.25) is 0 Å². The molecule has 0 amide bonds. The predicted octanol–water partition coefficient (Wildman–Crippen LogP) is 4.54. The molecule has 0 saturated heterocycles. The van der Waals surface area contributed by atoms with E-state index in [1.165, 1.54) is 23.9 Å². The molecule has 5 nitrogen and oxygen atoms in total. The van der Waals surface area contributed by atoms with E-state index in [9.17, 15) is 13.2 Å². The highest BCUT2D eigenvalue weighted by atomic mass is 19.4. The zero-order valence-corrected chi connectivity index (χ0v) is 15.3. The molecule has 0 aliphatic carbocycles. The molecular weight excluding hydrogens is 371 g/mol. The minimum atomic E-state index is -4.47. The van der Waals surface area contributed by atoms with Crippen LogP contribution in [0.15, 0.2) is 42.5 Å². The third-order valence-corrected chi connectivity index (χ3v) is 4.75. The number of anilines is 1. The van der Waals surface area contributed by atoms with Crippen molar-refractivity contribution >= 4 is 5.82 Å². The first-order chi connectivity index (χ1) is 13.4. The van der Waals surface area contributed by atoms with E-state index in [0.29, 0.717) is 36.0 Å². The molecule has 1 N–H and O–H groups in total. The number of methoxy groups -OCH3 is 2. The summed E-state index contributed by atoms with van der Waals surface area (Å²) >= 11 is 0. The molecule has 0 unspecified atom stereocenters. The van der Waals surface area contributed by atoms with Crippen molar-refractivity contribution in [2.24, 2.45) is 0 Å². The molecule has 1 aliphatic rings. The molecule has 2 heterocycles. The first-order valence-corrected chi connectivity index (χ1v) is 8.69. The van der Waals surface area contributed by atoms with Gasteiger partial charge in [-0.05, 0) is 36.8 Å². The van der Waals surface area contributed by atoms with Crippen LogP contribution < -0.4 is 14.8 Å². The van der Waals surface area contributed by atoms with Crippen molar-refractivity contribution in [3.8, 4) is 28.4 Å². The number of nitrogens with one attached hydrogen (secondary N) is 1. The first kappa shape index (κ1) is 18.2. The molecule has 146 valence electrons. The Balaban J connectivity index is 1.89. The number of fused-ring (bicyclic) bond motifs is 1. The van der Waals surface area contributed by atoms with E-state index in [4.69, 9.17) is 9.47 Å². The molecule has 0 radical (unpaired) electrons. The van der Waals surface area contributed by atoms with Crippen LogP contribution in [0.2, 0.25) is 0 Å². The molecule has 2 aromatic carbocycles. The molecule has 0 fully saturated rings. The summed E-state index contributed by atoms with van der Waals surface area (Å²) in [5, 5.41) is 7.70. The van der Waals surface area contributed by atoms with Gasteiger partial charge in [0, 0.05) is 17.7 Å². The third kappa shape index (κ3) is 2.94. The summed E-state index contributed by atoms with van der Waals surface area (Å²) in [5.74, 6) is 1.69. The lowest BCUT2D eigenvalue weighted by atomic mass is 10.1. The number of ether oxygens (including phenoxy) is 2. The zero-order chi connectivity index (χ0) is 19.9. The molecule has 4 rings (SSSR count). The number of alkyl halides is 3. The van der Waals surface area contributed by atoms with E-state index in [0.717, 1.165) is 17.2 Å². The van der Waals surface area contributed by atoms with Crippen molar-refractivity contribution in [3.05, 3.63) is 53.6 Å². The Morgan fingerprint density at radius 1 is 1.04 bits per heavy atom. The van der Waals surface area contributed by atoms with Gasteiger partial charge < -0.3 is 14.8 Å². The van der Waals surface area contributed by atoms with Gasteiger partial charge in [0.05, 0.1) is 31.2 Å². The van der Waals surface area contributed by atoms with Crippen LogP contribution >= 0.6 is 0 Å². The van der Waals surface area contributed by atoms with Crippen LogP contribution in [0, 0.1) is 0 Å². The van der Waals surface area contributed by atoms with Crippen LogP contribution in [0.4, 0.5) is 19.0 Å². The summed E-state index contributed by atoms with van der Waals surface area (Å²) in [6.07, 6.45) is -3.80. The van der Waals surface area contributed by atoms with Crippen LogP contribution in [0.25, 0.3) is 16.9 Å². The van der Waals surface area contributed by atoms with Gasteiger partial charge in [-0.15, -0.1) is 0 Å². The van der Waals surface area contributed by atoms with Crippen LogP contribution in [-0.4, -0.2) is 30.5 Å². The number of hydrogen-bond donors (Lipinski definition) is 1. The summed E-state index contributed by atoms with van der Waals surface area (Å²) < 4.78 is 52.5. The summed E-state index contributed by atoms with van der Waals surface area (Å²) in [6.45, 7) is 0.641. The Hall–Kier alpha value is -3.16. The highest BCUT2D eigenvalue weighted by Gasteiger charge is 2.35. The maximum absolute atomic E-state index is 13.5. The maximum atomic E-state index is 13.5. The van der Waals surface area contributed by atoms with Gasteiger partial charge in [0.1, 0.15) is 5.82 Å². The van der Waals surface area contributed by atoms with E-state index >= 15 is 0 Å². The van der Waals surface area contributed by atoms with Gasteiger partial charge in [0.25, 0.3) is 0 Å². The van der Waals surface area contributed by atoms with E-state index in [1.54, 1.807) is 25.3 Å². The number of rotatable bonds is 4. The fourth-order valence-electron chi connectivity index (χ4n) is 3.46. The number of benzene rings is 2. The van der Waals surface area contributed by atoms with Crippen LogP contribution in [-0.2, 0) is 12.6 Å². The van der Waals surface area contributed by atoms with Crippen molar-refractivity contribution in [1.29, 1.82) is 0 Å². The number of nitrogens with zero attached hydrogens (tertiary/aromatic N) is 2. The fourth-order valence-corrected chi connectivity index (χ4v) is 3.46. The highest BCUT2D eigenvalue weighted by Crippen LogP contribution is 2.40. The van der Waals surface area contributed by atoms with Gasteiger partial charge in [0.15, 0.2) is 11.5 Å². The summed E-state index contributed by atoms with van der Waals surface area (Å²) in [4.78, 5) is 0. The number of halogens is 3. The second kappa shape index (κ2) is 6.78. The zero-order valence-electron chi connectivity index (χ0n) is 15.3. The Morgan fingerprint density at radius 3 is 2.50 bits per heavy atom. The van der Waals surface area contributed by atoms with Crippen molar-refractivity contribution in [1.82, 2.24) is 9.78 Å². The van der Waals surface area contributed by atoms with E-state index in [-0.39, 0.29) is 5.69 Å². The van der Waals surface area contributed by atoms with Gasteiger partial charge in [-0.25, -0.2) is 4.68 Å². The monoisotopic (exact) mass is 389 g/mol.